The van der Waals surface area contributed by atoms with E-state index in [0.717, 1.165) is 29.9 Å². The van der Waals surface area contributed by atoms with E-state index in [9.17, 15) is 14.0 Å². The van der Waals surface area contributed by atoms with E-state index in [4.69, 9.17) is 4.98 Å². The topological polar surface area (TPSA) is 67.2 Å². The quantitative estimate of drug-likeness (QED) is 0.438. The number of benzene rings is 3. The number of hydrogen-bond acceptors (Lipinski definition) is 4. The zero-order chi connectivity index (χ0) is 25.1. The molecule has 1 aliphatic rings. The van der Waals surface area contributed by atoms with Crippen molar-refractivity contribution in [2.75, 3.05) is 11.9 Å². The van der Waals surface area contributed by atoms with Crippen molar-refractivity contribution in [3.8, 4) is 11.4 Å². The van der Waals surface area contributed by atoms with Gasteiger partial charge in [-0.3, -0.25) is 19.1 Å². The molecule has 0 unspecified atom stereocenters. The van der Waals surface area contributed by atoms with Gasteiger partial charge in [-0.1, -0.05) is 66.2 Å². The highest BCUT2D eigenvalue weighted by atomic mass is 19.1. The molecule has 182 valence electrons. The van der Waals surface area contributed by atoms with Crippen LogP contribution in [0.1, 0.15) is 22.4 Å². The molecule has 0 saturated heterocycles. The summed E-state index contributed by atoms with van der Waals surface area (Å²) in [6, 6.07) is 23.7. The predicted molar refractivity (Wildman–Crippen MR) is 138 cm³/mol. The second-order valence-electron chi connectivity index (χ2n) is 9.12. The minimum atomic E-state index is -0.444. The maximum atomic E-state index is 13.6. The smallest absolute Gasteiger partial charge is 0.257 e. The molecule has 1 aliphatic heterocycles. The molecule has 36 heavy (non-hydrogen) atoms. The first-order chi connectivity index (χ1) is 17.5. The third kappa shape index (κ3) is 5.26. The van der Waals surface area contributed by atoms with Crippen molar-refractivity contribution in [3.63, 3.8) is 0 Å². The number of carbonyl (C=O) groups is 1. The van der Waals surface area contributed by atoms with Crippen LogP contribution in [0.3, 0.4) is 0 Å². The van der Waals surface area contributed by atoms with Crippen molar-refractivity contribution in [1.29, 1.82) is 0 Å². The monoisotopic (exact) mass is 482 g/mol. The van der Waals surface area contributed by atoms with Crippen molar-refractivity contribution in [2.45, 2.75) is 33.0 Å². The number of anilines is 1. The highest BCUT2D eigenvalue weighted by Gasteiger charge is 2.25. The van der Waals surface area contributed by atoms with Crippen LogP contribution >= 0.6 is 0 Å². The van der Waals surface area contributed by atoms with Crippen LogP contribution in [0.15, 0.2) is 83.7 Å². The van der Waals surface area contributed by atoms with Crippen LogP contribution in [-0.2, 0) is 30.8 Å². The van der Waals surface area contributed by atoms with Gasteiger partial charge >= 0.3 is 0 Å². The molecule has 1 aromatic heterocycles. The lowest BCUT2D eigenvalue weighted by Crippen LogP contribution is -2.39. The number of aromatic nitrogens is 2. The number of amides is 1. The third-order valence-electron chi connectivity index (χ3n) is 6.37. The number of rotatable bonds is 6. The second-order valence-corrected chi connectivity index (χ2v) is 9.12. The van der Waals surface area contributed by atoms with Crippen molar-refractivity contribution < 1.29 is 9.18 Å². The lowest BCUT2D eigenvalue weighted by Gasteiger charge is -2.29. The van der Waals surface area contributed by atoms with E-state index < -0.39 is 11.7 Å². The van der Waals surface area contributed by atoms with E-state index in [1.807, 2.05) is 49.4 Å². The number of nitrogens with one attached hydrogen (secondary N) is 1. The molecule has 3 aromatic carbocycles. The fourth-order valence-electron chi connectivity index (χ4n) is 4.54. The summed E-state index contributed by atoms with van der Waals surface area (Å²) in [7, 11) is 0. The summed E-state index contributed by atoms with van der Waals surface area (Å²) in [5.74, 6) is -0.408. The molecule has 0 atom stereocenters. The first kappa shape index (κ1) is 23.6. The molecule has 4 aromatic rings. The summed E-state index contributed by atoms with van der Waals surface area (Å²) in [6.07, 6.45) is 0.563. The van der Waals surface area contributed by atoms with Crippen LogP contribution in [0.4, 0.5) is 10.1 Å². The molecule has 0 fully saturated rings. The van der Waals surface area contributed by atoms with E-state index in [1.165, 1.54) is 28.3 Å². The van der Waals surface area contributed by atoms with Crippen LogP contribution < -0.4 is 10.9 Å². The largest absolute Gasteiger partial charge is 0.324 e. The summed E-state index contributed by atoms with van der Waals surface area (Å²) in [5, 5.41) is 2.69. The van der Waals surface area contributed by atoms with Gasteiger partial charge in [-0.2, -0.15) is 0 Å². The van der Waals surface area contributed by atoms with E-state index in [1.54, 1.807) is 6.07 Å². The summed E-state index contributed by atoms with van der Waals surface area (Å²) < 4.78 is 15.0. The minimum Gasteiger partial charge on any atom is -0.324 e. The fraction of sp³-hybridized carbons (Fsp3) is 0.207. The van der Waals surface area contributed by atoms with Crippen molar-refractivity contribution >= 4 is 11.6 Å². The number of nitrogens with zero attached hydrogens (tertiary/aromatic N) is 3. The standard InChI is InChI=1S/C29H27FN4O2/c1-20-10-12-22(13-11-20)28-32-26-18-33(17-21-6-3-2-4-7-21)15-14-25(26)29(36)34(28)19-27(35)31-24-9-5-8-23(30)16-24/h2-13,16H,14-15,17-19H2,1H3,(H,31,35). The lowest BCUT2D eigenvalue weighted by atomic mass is 10.0. The number of carbonyl (C=O) groups excluding carboxylic acids is 1. The maximum Gasteiger partial charge on any atom is 0.257 e. The molecule has 5 rings (SSSR count). The summed E-state index contributed by atoms with van der Waals surface area (Å²) >= 11 is 0. The molecule has 0 saturated carbocycles. The number of aryl methyl sites for hydroxylation is 1. The minimum absolute atomic E-state index is 0.204. The van der Waals surface area contributed by atoms with Crippen molar-refractivity contribution in [1.82, 2.24) is 14.5 Å². The Hall–Kier alpha value is -4.10. The van der Waals surface area contributed by atoms with Gasteiger partial charge < -0.3 is 5.32 Å². The van der Waals surface area contributed by atoms with Crippen LogP contribution in [-0.4, -0.2) is 26.9 Å². The first-order valence-electron chi connectivity index (χ1n) is 12.0. The molecular weight excluding hydrogens is 455 g/mol. The lowest BCUT2D eigenvalue weighted by molar-refractivity contribution is -0.116. The normalized spacial score (nSPS) is 13.3. The Morgan fingerprint density at radius 3 is 2.56 bits per heavy atom. The molecule has 0 aliphatic carbocycles. The van der Waals surface area contributed by atoms with Crippen LogP contribution in [0.2, 0.25) is 0 Å². The molecule has 1 N–H and O–H groups in total. The summed E-state index contributed by atoms with van der Waals surface area (Å²) in [4.78, 5) is 33.7. The zero-order valence-corrected chi connectivity index (χ0v) is 20.1. The van der Waals surface area contributed by atoms with Gasteiger partial charge in [0.05, 0.1) is 5.69 Å². The Morgan fingerprint density at radius 2 is 1.81 bits per heavy atom. The molecule has 2 heterocycles. The Kier molecular flexibility index (Phi) is 6.73. The summed E-state index contributed by atoms with van der Waals surface area (Å²) in [5.41, 5.74) is 4.59. The second kappa shape index (κ2) is 10.3. The summed E-state index contributed by atoms with van der Waals surface area (Å²) in [6.45, 7) is 3.85. The van der Waals surface area contributed by atoms with E-state index in [-0.39, 0.29) is 12.1 Å². The molecule has 1 amide bonds. The van der Waals surface area contributed by atoms with Gasteiger partial charge in [-0.25, -0.2) is 9.37 Å². The van der Waals surface area contributed by atoms with Crippen molar-refractivity contribution in [2.24, 2.45) is 0 Å². The van der Waals surface area contributed by atoms with Gasteiger partial charge in [-0.15, -0.1) is 0 Å². The van der Waals surface area contributed by atoms with Gasteiger partial charge in [0.15, 0.2) is 0 Å². The predicted octanol–water partition coefficient (Wildman–Crippen LogP) is 4.55. The Bertz CT molecular complexity index is 1450. The van der Waals surface area contributed by atoms with E-state index >= 15 is 0 Å². The Balaban J connectivity index is 1.48. The maximum absolute atomic E-state index is 13.6. The van der Waals surface area contributed by atoms with Gasteiger partial charge in [0.25, 0.3) is 5.56 Å². The molecule has 0 radical (unpaired) electrons. The number of halogens is 1. The van der Waals surface area contributed by atoms with Crippen LogP contribution in [0, 0.1) is 12.7 Å². The third-order valence-corrected chi connectivity index (χ3v) is 6.37. The van der Waals surface area contributed by atoms with E-state index in [2.05, 4.69) is 22.3 Å². The SMILES string of the molecule is Cc1ccc(-c2nc3c(c(=O)n2CC(=O)Nc2cccc(F)c2)CCN(Cc2ccccc2)C3)cc1. The highest BCUT2D eigenvalue weighted by Crippen LogP contribution is 2.23. The Labute approximate surface area is 209 Å². The first-order valence-corrected chi connectivity index (χ1v) is 12.0. The van der Waals surface area contributed by atoms with Crippen molar-refractivity contribution in [3.05, 3.63) is 117 Å². The number of fused-ring (bicyclic) bond motifs is 1. The molecule has 7 heteroatoms. The van der Waals surface area contributed by atoms with Gasteiger partial charge in [0.2, 0.25) is 5.91 Å². The molecule has 0 spiro atoms. The Morgan fingerprint density at radius 1 is 1.03 bits per heavy atom. The molecule has 6 nitrogen and oxygen atoms in total. The zero-order valence-electron chi connectivity index (χ0n) is 20.1. The number of hydrogen-bond donors (Lipinski definition) is 1. The van der Waals surface area contributed by atoms with Gasteiger partial charge in [0.1, 0.15) is 18.2 Å². The van der Waals surface area contributed by atoms with Gasteiger partial charge in [0, 0.05) is 36.4 Å². The fourth-order valence-corrected chi connectivity index (χ4v) is 4.54. The van der Waals surface area contributed by atoms with Gasteiger partial charge in [-0.05, 0) is 37.1 Å². The average Bonchev–Trinajstić information content (AvgIpc) is 2.87. The van der Waals surface area contributed by atoms with Crippen LogP contribution in [0.5, 0.6) is 0 Å². The van der Waals surface area contributed by atoms with Crippen LogP contribution in [0.25, 0.3) is 11.4 Å². The molecule has 0 bridgehead atoms. The highest BCUT2D eigenvalue weighted by molar-refractivity contribution is 5.90. The average molecular weight is 483 g/mol. The van der Waals surface area contributed by atoms with E-state index in [0.29, 0.717) is 30.0 Å². The molecular formula is C29H27FN4O2.